The van der Waals surface area contributed by atoms with Crippen molar-refractivity contribution in [3.8, 4) is 0 Å². The number of hydrogen-bond acceptors (Lipinski definition) is 3. The lowest BCUT2D eigenvalue weighted by molar-refractivity contribution is 0.165. The number of benzene rings is 1. The van der Waals surface area contributed by atoms with Crippen LogP contribution in [0.5, 0.6) is 0 Å². The molecule has 1 rings (SSSR count). The average Bonchev–Trinajstić information content (AvgIpc) is 2.34. The standard InChI is InChI=1S/C10H11Cl2N3O3/c1-18-10(17)15-14-9(16)13-5-6-2-3-7(11)4-8(6)12/h2-4H,5H2,1H3,(H,15,17)(H2,13,14,16). The summed E-state index contributed by atoms with van der Waals surface area (Å²) >= 11 is 11.7. The minimum atomic E-state index is -0.769. The molecule has 0 radical (unpaired) electrons. The second-order valence-corrected chi connectivity index (χ2v) is 4.00. The third-order valence-corrected chi connectivity index (χ3v) is 2.50. The number of methoxy groups -OCH3 is 1. The molecule has 0 aliphatic carbocycles. The van der Waals surface area contributed by atoms with Crippen molar-refractivity contribution in [1.82, 2.24) is 16.2 Å². The largest absolute Gasteiger partial charge is 0.452 e. The van der Waals surface area contributed by atoms with Crippen molar-refractivity contribution in [3.63, 3.8) is 0 Å². The number of carbonyl (C=O) groups is 2. The molecule has 0 heterocycles. The lowest BCUT2D eigenvalue weighted by Gasteiger charge is -2.09. The zero-order valence-corrected chi connectivity index (χ0v) is 10.9. The van der Waals surface area contributed by atoms with E-state index in [-0.39, 0.29) is 6.54 Å². The molecule has 8 heteroatoms. The molecule has 1 aromatic rings. The van der Waals surface area contributed by atoms with E-state index in [1.165, 1.54) is 7.11 Å². The Morgan fingerprint density at radius 2 is 2.00 bits per heavy atom. The smallest absolute Gasteiger partial charge is 0.425 e. The number of nitrogens with one attached hydrogen (secondary N) is 3. The van der Waals surface area contributed by atoms with Crippen molar-refractivity contribution in [2.75, 3.05) is 7.11 Å². The van der Waals surface area contributed by atoms with E-state index < -0.39 is 12.1 Å². The Balaban J connectivity index is 2.40. The van der Waals surface area contributed by atoms with Gasteiger partial charge in [-0.15, -0.1) is 0 Å². The molecule has 0 atom stereocenters. The van der Waals surface area contributed by atoms with E-state index in [0.29, 0.717) is 15.6 Å². The first-order valence-corrected chi connectivity index (χ1v) is 5.60. The van der Waals surface area contributed by atoms with Crippen LogP contribution in [0.15, 0.2) is 18.2 Å². The van der Waals surface area contributed by atoms with E-state index >= 15 is 0 Å². The van der Waals surface area contributed by atoms with Gasteiger partial charge in [-0.1, -0.05) is 29.3 Å². The van der Waals surface area contributed by atoms with Crippen LogP contribution in [0.1, 0.15) is 5.56 Å². The fraction of sp³-hybridized carbons (Fsp3) is 0.200. The maximum atomic E-state index is 11.3. The average molecular weight is 292 g/mol. The lowest BCUT2D eigenvalue weighted by atomic mass is 10.2. The number of halogens is 2. The fourth-order valence-electron chi connectivity index (χ4n) is 1.04. The van der Waals surface area contributed by atoms with Crippen LogP contribution in [0.3, 0.4) is 0 Å². The molecule has 0 aromatic heterocycles. The maximum Gasteiger partial charge on any atom is 0.425 e. The summed E-state index contributed by atoms with van der Waals surface area (Å²) in [6.07, 6.45) is -0.769. The van der Waals surface area contributed by atoms with Crippen LogP contribution in [0.4, 0.5) is 9.59 Å². The van der Waals surface area contributed by atoms with Crippen LogP contribution in [0, 0.1) is 0 Å². The topological polar surface area (TPSA) is 79.5 Å². The molecule has 1 aromatic carbocycles. The number of amides is 3. The predicted octanol–water partition coefficient (Wildman–Crippen LogP) is 2.06. The molecular formula is C10H11Cl2N3O3. The third-order valence-electron chi connectivity index (χ3n) is 1.92. The molecule has 3 N–H and O–H groups in total. The second-order valence-electron chi connectivity index (χ2n) is 3.16. The lowest BCUT2D eigenvalue weighted by Crippen LogP contribution is -2.46. The van der Waals surface area contributed by atoms with Crippen LogP contribution >= 0.6 is 23.2 Å². The number of carbonyl (C=O) groups excluding carboxylic acids is 2. The molecule has 0 unspecified atom stereocenters. The molecular weight excluding hydrogens is 281 g/mol. The summed E-state index contributed by atoms with van der Waals surface area (Å²) < 4.78 is 4.27. The maximum absolute atomic E-state index is 11.3. The van der Waals surface area contributed by atoms with Crippen molar-refractivity contribution in [2.24, 2.45) is 0 Å². The molecule has 0 saturated carbocycles. The predicted molar refractivity (Wildman–Crippen MR) is 67.4 cm³/mol. The Morgan fingerprint density at radius 1 is 1.28 bits per heavy atom. The Morgan fingerprint density at radius 3 is 2.61 bits per heavy atom. The van der Waals surface area contributed by atoms with E-state index in [0.717, 1.165) is 0 Å². The molecule has 0 fully saturated rings. The summed E-state index contributed by atoms with van der Waals surface area (Å²) in [7, 11) is 1.18. The highest BCUT2D eigenvalue weighted by Crippen LogP contribution is 2.20. The molecule has 18 heavy (non-hydrogen) atoms. The zero-order valence-electron chi connectivity index (χ0n) is 9.42. The van der Waals surface area contributed by atoms with E-state index in [9.17, 15) is 9.59 Å². The summed E-state index contributed by atoms with van der Waals surface area (Å²) in [5, 5.41) is 3.45. The van der Waals surface area contributed by atoms with Gasteiger partial charge in [0.25, 0.3) is 0 Å². The molecule has 0 spiro atoms. The van der Waals surface area contributed by atoms with Gasteiger partial charge in [-0.25, -0.2) is 20.4 Å². The highest BCUT2D eigenvalue weighted by Gasteiger charge is 2.05. The zero-order chi connectivity index (χ0) is 13.5. The number of hydrogen-bond donors (Lipinski definition) is 3. The van der Waals surface area contributed by atoms with Crippen LogP contribution < -0.4 is 16.2 Å². The van der Waals surface area contributed by atoms with E-state index in [4.69, 9.17) is 23.2 Å². The van der Waals surface area contributed by atoms with Gasteiger partial charge in [0.1, 0.15) is 0 Å². The van der Waals surface area contributed by atoms with Crippen molar-refractivity contribution in [1.29, 1.82) is 0 Å². The van der Waals surface area contributed by atoms with Crippen LogP contribution in [-0.4, -0.2) is 19.2 Å². The molecule has 0 aliphatic heterocycles. The Kier molecular flexibility index (Phi) is 5.54. The van der Waals surface area contributed by atoms with E-state index in [1.807, 2.05) is 5.43 Å². The summed E-state index contributed by atoms with van der Waals surface area (Å²) in [6, 6.07) is 4.34. The SMILES string of the molecule is COC(=O)NNC(=O)NCc1ccc(Cl)cc1Cl. The summed E-state index contributed by atoms with van der Waals surface area (Å²) in [5.74, 6) is 0. The Labute approximate surface area is 114 Å². The first-order chi connectivity index (χ1) is 8.52. The Bertz CT molecular complexity index is 454. The summed E-state index contributed by atoms with van der Waals surface area (Å²) in [5.41, 5.74) is 4.81. The number of rotatable bonds is 2. The van der Waals surface area contributed by atoms with Gasteiger partial charge in [-0.2, -0.15) is 0 Å². The van der Waals surface area contributed by atoms with Gasteiger partial charge in [-0.05, 0) is 17.7 Å². The minimum absolute atomic E-state index is 0.199. The monoisotopic (exact) mass is 291 g/mol. The van der Waals surface area contributed by atoms with Gasteiger partial charge in [0.05, 0.1) is 7.11 Å². The van der Waals surface area contributed by atoms with Crippen molar-refractivity contribution >= 4 is 35.3 Å². The first kappa shape index (κ1) is 14.4. The van der Waals surface area contributed by atoms with Gasteiger partial charge in [0, 0.05) is 16.6 Å². The minimum Gasteiger partial charge on any atom is -0.452 e. The van der Waals surface area contributed by atoms with Crippen molar-refractivity contribution in [2.45, 2.75) is 6.54 Å². The summed E-state index contributed by atoms with van der Waals surface area (Å²) in [4.78, 5) is 21.9. The number of ether oxygens (including phenoxy) is 1. The van der Waals surface area contributed by atoms with E-state index in [1.54, 1.807) is 18.2 Å². The van der Waals surface area contributed by atoms with Crippen LogP contribution in [-0.2, 0) is 11.3 Å². The van der Waals surface area contributed by atoms with Gasteiger partial charge in [0.15, 0.2) is 0 Å². The molecule has 0 bridgehead atoms. The molecule has 0 saturated heterocycles. The van der Waals surface area contributed by atoms with Gasteiger partial charge in [0.2, 0.25) is 0 Å². The molecule has 0 aliphatic rings. The number of hydrazine groups is 1. The quantitative estimate of drug-likeness (QED) is 0.730. The molecule has 6 nitrogen and oxygen atoms in total. The van der Waals surface area contributed by atoms with Crippen molar-refractivity contribution < 1.29 is 14.3 Å². The van der Waals surface area contributed by atoms with Gasteiger partial charge < -0.3 is 10.1 Å². The van der Waals surface area contributed by atoms with Gasteiger partial charge in [-0.3, -0.25) is 0 Å². The van der Waals surface area contributed by atoms with Crippen LogP contribution in [0.2, 0.25) is 10.0 Å². The second kappa shape index (κ2) is 6.93. The van der Waals surface area contributed by atoms with Crippen LogP contribution in [0.25, 0.3) is 0 Å². The fourth-order valence-corrected chi connectivity index (χ4v) is 1.52. The van der Waals surface area contributed by atoms with Crippen molar-refractivity contribution in [3.05, 3.63) is 33.8 Å². The van der Waals surface area contributed by atoms with Gasteiger partial charge >= 0.3 is 12.1 Å². The van der Waals surface area contributed by atoms with E-state index in [2.05, 4.69) is 15.5 Å². The normalized spacial score (nSPS) is 9.50. The number of urea groups is 1. The Hall–Kier alpha value is -1.66. The molecule has 98 valence electrons. The summed E-state index contributed by atoms with van der Waals surface area (Å²) in [6.45, 7) is 0.199. The third kappa shape index (κ3) is 4.68. The molecule has 3 amide bonds. The highest BCUT2D eigenvalue weighted by molar-refractivity contribution is 6.35. The highest BCUT2D eigenvalue weighted by atomic mass is 35.5. The first-order valence-electron chi connectivity index (χ1n) is 4.84.